The average Bonchev–Trinajstić information content (AvgIpc) is 3.79. The van der Waals surface area contributed by atoms with Crippen molar-refractivity contribution >= 4 is 34.7 Å². The maximum absolute atomic E-state index is 15.4. The molecular formula is C35H39F2N5O4S. The van der Waals surface area contributed by atoms with Gasteiger partial charge in [0.15, 0.2) is 0 Å². The molecule has 2 fully saturated rings. The van der Waals surface area contributed by atoms with Gasteiger partial charge in [0.05, 0.1) is 23.4 Å². The molecule has 1 heterocycles. The molecule has 1 saturated carbocycles. The van der Waals surface area contributed by atoms with Gasteiger partial charge < -0.3 is 25.2 Å². The Labute approximate surface area is 276 Å². The van der Waals surface area contributed by atoms with Gasteiger partial charge in [-0.1, -0.05) is 31.0 Å². The van der Waals surface area contributed by atoms with Crippen molar-refractivity contribution in [3.63, 3.8) is 0 Å². The molecule has 3 aromatic carbocycles. The van der Waals surface area contributed by atoms with Gasteiger partial charge in [-0.25, -0.2) is 13.6 Å². The summed E-state index contributed by atoms with van der Waals surface area (Å²) in [6.45, 7) is 5.41. The lowest BCUT2D eigenvalue weighted by Crippen LogP contribution is -2.52. The number of carbonyl (C=O) groups is 2. The van der Waals surface area contributed by atoms with Crippen LogP contribution in [0.2, 0.25) is 0 Å². The van der Waals surface area contributed by atoms with Gasteiger partial charge in [0.2, 0.25) is 5.91 Å². The van der Waals surface area contributed by atoms with E-state index in [1.807, 2.05) is 26.8 Å². The average molecular weight is 664 g/mol. The highest BCUT2D eigenvalue weighted by Gasteiger charge is 2.44. The number of anilines is 2. The molecule has 4 N–H and O–H groups in total. The van der Waals surface area contributed by atoms with Crippen molar-refractivity contribution in [3.8, 4) is 6.07 Å². The summed E-state index contributed by atoms with van der Waals surface area (Å²) in [7, 11) is 0. The van der Waals surface area contributed by atoms with Crippen molar-refractivity contribution in [2.24, 2.45) is 5.92 Å². The number of nitrogens with one attached hydrogen (secondary N) is 3. The fourth-order valence-corrected chi connectivity index (χ4v) is 6.70. The molecule has 0 aromatic heterocycles. The molecule has 1 aliphatic carbocycles. The monoisotopic (exact) mass is 663 g/mol. The molecule has 1 saturated heterocycles. The molecule has 2 aliphatic rings. The highest BCUT2D eigenvalue weighted by atomic mass is 32.2. The van der Waals surface area contributed by atoms with Crippen LogP contribution in [0.5, 0.6) is 0 Å². The van der Waals surface area contributed by atoms with Gasteiger partial charge in [0, 0.05) is 30.0 Å². The van der Waals surface area contributed by atoms with Crippen LogP contribution in [-0.4, -0.2) is 49.9 Å². The molecule has 5 rings (SSSR count). The molecule has 0 spiro atoms. The molecule has 248 valence electrons. The minimum Gasteiger partial charge on any atom is -0.598 e. The fraction of sp³-hybridized carbons (Fsp3) is 0.400. The first-order chi connectivity index (χ1) is 22.3. The van der Waals surface area contributed by atoms with E-state index in [1.54, 1.807) is 24.3 Å². The highest BCUT2D eigenvalue weighted by Crippen LogP contribution is 2.43. The second-order valence-electron chi connectivity index (χ2n) is 13.2. The van der Waals surface area contributed by atoms with Crippen LogP contribution >= 0.6 is 0 Å². The van der Waals surface area contributed by atoms with Gasteiger partial charge in [-0.2, -0.15) is 5.26 Å². The third-order valence-electron chi connectivity index (χ3n) is 8.59. The van der Waals surface area contributed by atoms with E-state index in [9.17, 15) is 28.9 Å². The Bertz CT molecular complexity index is 1660. The maximum Gasteiger partial charge on any atom is 0.322 e. The third kappa shape index (κ3) is 8.11. The van der Waals surface area contributed by atoms with E-state index in [-0.39, 0.29) is 18.7 Å². The van der Waals surface area contributed by atoms with Gasteiger partial charge in [0.1, 0.15) is 28.0 Å². The Hall–Kier alpha value is -4.02. The number of likely N-dealkylation sites (tertiary alicyclic amines) is 1. The quantitative estimate of drug-likeness (QED) is 0.198. The standard InChI is InChI=1S/C35H39F2N5O4S/c1-34(2,3)47(46)41-35(16-15-22-7-8-22,24-6-4-5-23(17-24)20-38)25-9-14-29(37)30(18-25)40-32(44)31-19-28(43)21-42(31)33(45)39-27-12-10-26(36)11-13-27/h4-6,9-14,17-18,22,28,31,41,43H,7-8,15-16,19,21H2,1-3H3,(H,39,45)(H,40,44)/t28-,31-,35?,47-/m1/s1. The molecule has 9 nitrogen and oxygen atoms in total. The number of nitrogens with zero attached hydrogens (tertiary/aromatic N) is 2. The van der Waals surface area contributed by atoms with Gasteiger partial charge in [0.25, 0.3) is 0 Å². The van der Waals surface area contributed by atoms with Crippen LogP contribution in [0.3, 0.4) is 0 Å². The first-order valence-electron chi connectivity index (χ1n) is 15.6. The van der Waals surface area contributed by atoms with E-state index < -0.39 is 57.4 Å². The van der Waals surface area contributed by atoms with Crippen LogP contribution in [0, 0.1) is 28.9 Å². The van der Waals surface area contributed by atoms with E-state index in [0.29, 0.717) is 34.7 Å². The van der Waals surface area contributed by atoms with Gasteiger partial charge in [-0.05, 0) is 99.2 Å². The predicted octanol–water partition coefficient (Wildman–Crippen LogP) is 5.93. The highest BCUT2D eigenvalue weighted by molar-refractivity contribution is 7.90. The summed E-state index contributed by atoms with van der Waals surface area (Å²) in [5.74, 6) is -1.40. The van der Waals surface area contributed by atoms with Crippen molar-refractivity contribution in [3.05, 3.63) is 95.1 Å². The van der Waals surface area contributed by atoms with Crippen LogP contribution in [0.25, 0.3) is 0 Å². The van der Waals surface area contributed by atoms with E-state index in [0.717, 1.165) is 24.2 Å². The molecule has 3 aromatic rings. The molecular weight excluding hydrogens is 624 g/mol. The predicted molar refractivity (Wildman–Crippen MR) is 176 cm³/mol. The topological polar surface area (TPSA) is 141 Å². The Morgan fingerprint density at radius 3 is 2.40 bits per heavy atom. The number of aliphatic hydroxyl groups is 1. The van der Waals surface area contributed by atoms with Gasteiger partial charge in [-0.3, -0.25) is 4.79 Å². The number of hydrogen-bond donors (Lipinski definition) is 4. The molecule has 3 amide bonds. The van der Waals surface area contributed by atoms with Crippen LogP contribution in [-0.2, 0) is 21.7 Å². The minimum absolute atomic E-state index is 0.0671. The zero-order valence-electron chi connectivity index (χ0n) is 26.6. The zero-order valence-corrected chi connectivity index (χ0v) is 27.4. The summed E-state index contributed by atoms with van der Waals surface area (Å²) in [6, 6.07) is 16.8. The fourth-order valence-electron chi connectivity index (χ4n) is 5.73. The Balaban J connectivity index is 1.48. The second kappa shape index (κ2) is 14.0. The first-order valence-corrected chi connectivity index (χ1v) is 16.8. The minimum atomic E-state index is -1.58. The first kappa shape index (κ1) is 34.3. The number of aliphatic hydroxyl groups excluding tert-OH is 1. The van der Waals surface area contributed by atoms with Crippen molar-refractivity contribution in [2.45, 2.75) is 75.3 Å². The van der Waals surface area contributed by atoms with E-state index in [1.165, 1.54) is 36.4 Å². The number of halogens is 2. The smallest absolute Gasteiger partial charge is 0.322 e. The maximum atomic E-state index is 15.4. The molecule has 1 aliphatic heterocycles. The van der Waals surface area contributed by atoms with Crippen molar-refractivity contribution in [1.29, 1.82) is 5.26 Å². The lowest BCUT2D eigenvalue weighted by Gasteiger charge is -2.39. The lowest BCUT2D eigenvalue weighted by molar-refractivity contribution is -0.119. The number of urea groups is 1. The largest absolute Gasteiger partial charge is 0.598 e. The number of carbonyl (C=O) groups excluding carboxylic acids is 2. The zero-order chi connectivity index (χ0) is 33.9. The molecule has 12 heteroatoms. The second-order valence-corrected chi connectivity index (χ2v) is 15.2. The lowest BCUT2D eigenvalue weighted by atomic mass is 9.79. The van der Waals surface area contributed by atoms with Crippen molar-refractivity contribution < 1.29 is 28.0 Å². The van der Waals surface area contributed by atoms with Gasteiger partial charge >= 0.3 is 6.03 Å². The van der Waals surface area contributed by atoms with Crippen molar-refractivity contribution in [2.75, 3.05) is 17.2 Å². The number of rotatable bonds is 10. The Morgan fingerprint density at radius 1 is 1.04 bits per heavy atom. The molecule has 0 bridgehead atoms. The summed E-state index contributed by atoms with van der Waals surface area (Å²) in [5.41, 5.74) is 0.685. The SMILES string of the molecule is CC(C)(C)[S@@+]([O-])NC(CCC1CC1)(c1cccc(C#N)c1)c1ccc(F)c(NC(=O)[C@H]2C[C@@H](O)CN2C(=O)Nc2ccc(F)cc2)c1. The number of hydrogen-bond acceptors (Lipinski definition) is 6. The Kier molecular flexibility index (Phi) is 10.2. The van der Waals surface area contributed by atoms with E-state index in [4.69, 9.17) is 0 Å². The van der Waals surface area contributed by atoms with Crippen LogP contribution < -0.4 is 15.4 Å². The molecule has 4 atom stereocenters. The summed E-state index contributed by atoms with van der Waals surface area (Å²) in [5, 5.41) is 25.3. The van der Waals surface area contributed by atoms with E-state index >= 15 is 4.39 Å². The van der Waals surface area contributed by atoms with Crippen LogP contribution in [0.15, 0.2) is 66.7 Å². The van der Waals surface area contributed by atoms with Crippen LogP contribution in [0.4, 0.5) is 25.0 Å². The number of β-amino-alcohol motifs (C(OH)–C–C–N with tert-alkyl or cyclic N) is 1. The molecule has 0 radical (unpaired) electrons. The Morgan fingerprint density at radius 2 is 1.74 bits per heavy atom. The molecule has 1 unspecified atom stereocenters. The summed E-state index contributed by atoms with van der Waals surface area (Å²) in [6.07, 6.45) is 2.41. The summed E-state index contributed by atoms with van der Waals surface area (Å²) < 4.78 is 45.2. The number of nitriles is 1. The summed E-state index contributed by atoms with van der Waals surface area (Å²) >= 11 is -1.58. The van der Waals surface area contributed by atoms with Gasteiger partial charge in [-0.15, -0.1) is 4.72 Å². The molecule has 47 heavy (non-hydrogen) atoms. The number of amides is 3. The van der Waals surface area contributed by atoms with Crippen molar-refractivity contribution in [1.82, 2.24) is 9.62 Å². The third-order valence-corrected chi connectivity index (χ3v) is 10.2. The van der Waals surface area contributed by atoms with Crippen LogP contribution in [0.1, 0.15) is 69.6 Å². The number of benzene rings is 3. The normalized spacial score (nSPS) is 19.8. The van der Waals surface area contributed by atoms with E-state index in [2.05, 4.69) is 21.4 Å². The summed E-state index contributed by atoms with van der Waals surface area (Å²) in [4.78, 5) is 27.9.